The van der Waals surface area contributed by atoms with Crippen LogP contribution in [0, 0.1) is 5.92 Å². The molecular weight excluding hydrogens is 284 g/mol. The van der Waals surface area contributed by atoms with Crippen LogP contribution in [0.15, 0.2) is 11.1 Å². The van der Waals surface area contributed by atoms with Gasteiger partial charge in [0.05, 0.1) is 5.92 Å². The quantitative estimate of drug-likeness (QED) is 0.770. The minimum Gasteiger partial charge on any atom is -0.480 e. The summed E-state index contributed by atoms with van der Waals surface area (Å²) >= 11 is 0. The third-order valence-electron chi connectivity index (χ3n) is 4.80. The molecule has 1 saturated carbocycles. The summed E-state index contributed by atoms with van der Waals surface area (Å²) in [7, 11) is 1.56. The van der Waals surface area contributed by atoms with E-state index in [2.05, 4.69) is 5.32 Å². The van der Waals surface area contributed by atoms with Gasteiger partial charge in [-0.05, 0) is 45.4 Å². The molecule has 0 aromatic rings. The van der Waals surface area contributed by atoms with Crippen LogP contribution in [0.2, 0.25) is 0 Å². The summed E-state index contributed by atoms with van der Waals surface area (Å²) in [5, 5.41) is 12.0. The fourth-order valence-corrected chi connectivity index (χ4v) is 3.41. The van der Waals surface area contributed by atoms with Crippen molar-refractivity contribution in [1.29, 1.82) is 0 Å². The number of hydrogen-bond donors (Lipinski definition) is 2. The van der Waals surface area contributed by atoms with Crippen molar-refractivity contribution >= 4 is 17.8 Å². The van der Waals surface area contributed by atoms with Crippen LogP contribution in [0.3, 0.4) is 0 Å². The summed E-state index contributed by atoms with van der Waals surface area (Å²) in [6, 6.07) is -0.828. The maximum atomic E-state index is 12.7. The molecule has 0 unspecified atom stereocenters. The number of hydrogen-bond acceptors (Lipinski definition) is 3. The van der Waals surface area contributed by atoms with Gasteiger partial charge < -0.3 is 15.3 Å². The van der Waals surface area contributed by atoms with Crippen LogP contribution >= 0.6 is 0 Å². The standard InChI is InChI=1S/C16H24N2O4/c1-10(11-5-3-4-6-11)15(20)18-9-12(14(19)17-2)7-8-13(18)16(21)22/h12-13H,3-9H2,1-2H3,(H,17,19)(H,21,22)/t12-,13-/m0/s1. The largest absolute Gasteiger partial charge is 0.480 e. The lowest BCUT2D eigenvalue weighted by atomic mass is 9.91. The summed E-state index contributed by atoms with van der Waals surface area (Å²) in [5.74, 6) is -1.68. The van der Waals surface area contributed by atoms with Gasteiger partial charge in [0, 0.05) is 19.2 Å². The van der Waals surface area contributed by atoms with E-state index in [-0.39, 0.29) is 24.3 Å². The Morgan fingerprint density at radius 1 is 1.18 bits per heavy atom. The van der Waals surface area contributed by atoms with Crippen LogP contribution in [0.25, 0.3) is 0 Å². The molecule has 1 aliphatic carbocycles. The fourth-order valence-electron chi connectivity index (χ4n) is 3.41. The van der Waals surface area contributed by atoms with E-state index in [1.165, 1.54) is 4.90 Å². The monoisotopic (exact) mass is 308 g/mol. The SMILES string of the molecule is CNC(=O)[C@H]1CC[C@@H](C(=O)O)N(C(=O)C(C)=C2CCCC2)C1. The number of carbonyl (C=O) groups excluding carboxylic acids is 2. The molecule has 2 rings (SSSR count). The molecule has 1 saturated heterocycles. The van der Waals surface area contributed by atoms with Gasteiger partial charge in [-0.3, -0.25) is 9.59 Å². The van der Waals surface area contributed by atoms with Crippen LogP contribution in [0.4, 0.5) is 0 Å². The summed E-state index contributed by atoms with van der Waals surface area (Å²) < 4.78 is 0. The Morgan fingerprint density at radius 3 is 2.36 bits per heavy atom. The highest BCUT2D eigenvalue weighted by Crippen LogP contribution is 2.30. The number of piperidine rings is 1. The van der Waals surface area contributed by atoms with E-state index in [9.17, 15) is 19.5 Å². The molecule has 1 aliphatic heterocycles. The van der Waals surface area contributed by atoms with Crippen molar-refractivity contribution in [1.82, 2.24) is 10.2 Å². The highest BCUT2D eigenvalue weighted by Gasteiger charge is 2.38. The van der Waals surface area contributed by atoms with E-state index >= 15 is 0 Å². The van der Waals surface area contributed by atoms with E-state index in [1.54, 1.807) is 14.0 Å². The zero-order chi connectivity index (χ0) is 16.3. The molecule has 2 N–H and O–H groups in total. The molecule has 0 aromatic carbocycles. The molecule has 2 fully saturated rings. The van der Waals surface area contributed by atoms with Crippen LogP contribution in [0.1, 0.15) is 45.4 Å². The molecule has 2 amide bonds. The lowest BCUT2D eigenvalue weighted by Crippen LogP contribution is -2.53. The number of aliphatic carboxylic acids is 1. The van der Waals surface area contributed by atoms with Gasteiger partial charge in [-0.1, -0.05) is 5.57 Å². The predicted octanol–water partition coefficient (Wildman–Crippen LogP) is 1.31. The molecule has 0 bridgehead atoms. The Labute approximate surface area is 130 Å². The summed E-state index contributed by atoms with van der Waals surface area (Å²) in [5.41, 5.74) is 1.80. The van der Waals surface area contributed by atoms with Crippen LogP contribution in [-0.2, 0) is 14.4 Å². The molecular formula is C16H24N2O4. The average Bonchev–Trinajstić information content (AvgIpc) is 3.06. The smallest absolute Gasteiger partial charge is 0.326 e. The highest BCUT2D eigenvalue weighted by molar-refractivity contribution is 5.96. The number of allylic oxidation sites excluding steroid dienone is 1. The van der Waals surface area contributed by atoms with Gasteiger partial charge in [-0.25, -0.2) is 4.79 Å². The number of likely N-dealkylation sites (tertiary alicyclic amines) is 1. The van der Waals surface area contributed by atoms with Gasteiger partial charge >= 0.3 is 5.97 Å². The van der Waals surface area contributed by atoms with Gasteiger partial charge in [0.15, 0.2) is 0 Å². The Morgan fingerprint density at radius 2 is 1.82 bits per heavy atom. The lowest BCUT2D eigenvalue weighted by Gasteiger charge is -2.37. The van der Waals surface area contributed by atoms with Gasteiger partial charge in [0.25, 0.3) is 0 Å². The van der Waals surface area contributed by atoms with Gasteiger partial charge in [-0.15, -0.1) is 0 Å². The van der Waals surface area contributed by atoms with Crippen molar-refractivity contribution in [3.8, 4) is 0 Å². The second-order valence-electron chi connectivity index (χ2n) is 6.14. The second-order valence-corrected chi connectivity index (χ2v) is 6.14. The first-order chi connectivity index (χ1) is 10.5. The van der Waals surface area contributed by atoms with E-state index in [0.717, 1.165) is 31.3 Å². The van der Waals surface area contributed by atoms with Crippen molar-refractivity contribution in [2.45, 2.75) is 51.5 Å². The molecule has 0 spiro atoms. The third-order valence-corrected chi connectivity index (χ3v) is 4.80. The van der Waals surface area contributed by atoms with Crippen LogP contribution in [0.5, 0.6) is 0 Å². The van der Waals surface area contributed by atoms with Crippen LogP contribution in [-0.4, -0.2) is 47.4 Å². The van der Waals surface area contributed by atoms with Crippen molar-refractivity contribution in [3.05, 3.63) is 11.1 Å². The topological polar surface area (TPSA) is 86.7 Å². The normalized spacial score (nSPS) is 25.0. The minimum absolute atomic E-state index is 0.132. The summed E-state index contributed by atoms with van der Waals surface area (Å²) in [6.07, 6.45) is 4.83. The maximum Gasteiger partial charge on any atom is 0.326 e. The number of amides is 2. The van der Waals surface area contributed by atoms with Gasteiger partial charge in [0.2, 0.25) is 11.8 Å². The molecule has 0 aromatic heterocycles. The fraction of sp³-hybridized carbons (Fsp3) is 0.688. The number of carboxylic acids is 1. The van der Waals surface area contributed by atoms with Crippen LogP contribution < -0.4 is 5.32 Å². The maximum absolute atomic E-state index is 12.7. The number of nitrogens with zero attached hydrogens (tertiary/aromatic N) is 1. The molecule has 2 atom stereocenters. The highest BCUT2D eigenvalue weighted by atomic mass is 16.4. The second kappa shape index (κ2) is 6.94. The molecule has 122 valence electrons. The molecule has 0 radical (unpaired) electrons. The number of rotatable bonds is 3. The average molecular weight is 308 g/mol. The first-order valence-electron chi connectivity index (χ1n) is 7.89. The first kappa shape index (κ1) is 16.5. The van der Waals surface area contributed by atoms with E-state index in [4.69, 9.17) is 0 Å². The summed E-state index contributed by atoms with van der Waals surface area (Å²) in [4.78, 5) is 37.4. The molecule has 2 aliphatic rings. The minimum atomic E-state index is -0.993. The molecule has 6 heteroatoms. The Balaban J connectivity index is 2.21. The molecule has 6 nitrogen and oxygen atoms in total. The number of carboxylic acid groups (broad SMARTS) is 1. The predicted molar refractivity (Wildman–Crippen MR) is 81.1 cm³/mol. The third kappa shape index (κ3) is 3.31. The molecule has 1 heterocycles. The zero-order valence-corrected chi connectivity index (χ0v) is 13.2. The Kier molecular flexibility index (Phi) is 5.21. The van der Waals surface area contributed by atoms with E-state index in [1.807, 2.05) is 0 Å². The molecule has 22 heavy (non-hydrogen) atoms. The van der Waals surface area contributed by atoms with Crippen molar-refractivity contribution < 1.29 is 19.5 Å². The Bertz CT molecular complexity index is 504. The zero-order valence-electron chi connectivity index (χ0n) is 13.2. The first-order valence-corrected chi connectivity index (χ1v) is 7.89. The van der Waals surface area contributed by atoms with E-state index < -0.39 is 12.0 Å². The van der Waals surface area contributed by atoms with E-state index in [0.29, 0.717) is 18.4 Å². The van der Waals surface area contributed by atoms with Gasteiger partial charge in [0.1, 0.15) is 6.04 Å². The lowest BCUT2D eigenvalue weighted by molar-refractivity contribution is -0.153. The summed E-state index contributed by atoms with van der Waals surface area (Å²) in [6.45, 7) is 1.96. The number of carbonyl (C=O) groups is 3. The van der Waals surface area contributed by atoms with Gasteiger partial charge in [-0.2, -0.15) is 0 Å². The number of nitrogens with one attached hydrogen (secondary N) is 1. The van der Waals surface area contributed by atoms with Crippen molar-refractivity contribution in [2.24, 2.45) is 5.92 Å². The Hall–Kier alpha value is -1.85. The van der Waals surface area contributed by atoms with Crippen molar-refractivity contribution in [2.75, 3.05) is 13.6 Å². The van der Waals surface area contributed by atoms with Crippen molar-refractivity contribution in [3.63, 3.8) is 0 Å².